The topological polar surface area (TPSA) is 75.3 Å². The van der Waals surface area contributed by atoms with Gasteiger partial charge in [-0.1, -0.05) is 20.3 Å². The van der Waals surface area contributed by atoms with Crippen molar-refractivity contribution in [2.45, 2.75) is 64.5 Å². The van der Waals surface area contributed by atoms with Gasteiger partial charge in [-0.2, -0.15) is 0 Å². The van der Waals surface area contributed by atoms with Crippen LogP contribution in [0.25, 0.3) is 0 Å². The van der Waals surface area contributed by atoms with E-state index in [2.05, 4.69) is 5.32 Å². The standard InChI is InChI=1S/C13H26N2O2/c1-4-13(5-2,9-16)15-11(17)12(3)8-6-7-10(12)14/h10,16H,4-9,14H2,1-3H3,(H,15,17). The van der Waals surface area contributed by atoms with Gasteiger partial charge in [0, 0.05) is 6.04 Å². The number of hydrogen-bond donors (Lipinski definition) is 3. The van der Waals surface area contributed by atoms with E-state index in [0.29, 0.717) is 0 Å². The van der Waals surface area contributed by atoms with E-state index in [-0.39, 0.29) is 18.6 Å². The lowest BCUT2D eigenvalue weighted by atomic mass is 9.82. The summed E-state index contributed by atoms with van der Waals surface area (Å²) >= 11 is 0. The van der Waals surface area contributed by atoms with E-state index < -0.39 is 11.0 Å². The predicted octanol–water partition coefficient (Wildman–Crippen LogP) is 1.17. The van der Waals surface area contributed by atoms with E-state index >= 15 is 0 Å². The van der Waals surface area contributed by atoms with Gasteiger partial charge >= 0.3 is 0 Å². The fourth-order valence-electron chi connectivity index (χ4n) is 2.55. The zero-order valence-corrected chi connectivity index (χ0v) is 11.3. The molecule has 0 spiro atoms. The molecule has 1 amide bonds. The third kappa shape index (κ3) is 2.63. The van der Waals surface area contributed by atoms with E-state index in [1.165, 1.54) is 0 Å². The van der Waals surface area contributed by atoms with E-state index in [0.717, 1.165) is 32.1 Å². The van der Waals surface area contributed by atoms with Crippen molar-refractivity contribution in [3.05, 3.63) is 0 Å². The first kappa shape index (κ1) is 14.5. The summed E-state index contributed by atoms with van der Waals surface area (Å²) in [5.74, 6) is 0.000231. The number of carbonyl (C=O) groups excluding carboxylic acids is 1. The number of nitrogens with one attached hydrogen (secondary N) is 1. The van der Waals surface area contributed by atoms with Crippen LogP contribution >= 0.6 is 0 Å². The van der Waals surface area contributed by atoms with Gasteiger partial charge in [-0.3, -0.25) is 4.79 Å². The van der Waals surface area contributed by atoms with Crippen molar-refractivity contribution in [1.29, 1.82) is 0 Å². The molecule has 0 bridgehead atoms. The maximum atomic E-state index is 12.4. The van der Waals surface area contributed by atoms with Crippen LogP contribution in [0.4, 0.5) is 0 Å². The molecule has 1 aliphatic rings. The van der Waals surface area contributed by atoms with Gasteiger partial charge < -0.3 is 16.2 Å². The van der Waals surface area contributed by atoms with Gasteiger partial charge in [0.2, 0.25) is 5.91 Å². The molecule has 0 radical (unpaired) electrons. The Morgan fingerprint density at radius 2 is 2.12 bits per heavy atom. The molecule has 1 saturated carbocycles. The Morgan fingerprint density at radius 1 is 1.53 bits per heavy atom. The Hall–Kier alpha value is -0.610. The third-order valence-electron chi connectivity index (χ3n) is 4.58. The summed E-state index contributed by atoms with van der Waals surface area (Å²) in [7, 11) is 0. The fourth-order valence-corrected chi connectivity index (χ4v) is 2.55. The first-order chi connectivity index (χ1) is 7.94. The number of rotatable bonds is 5. The molecule has 4 N–H and O–H groups in total. The van der Waals surface area contributed by atoms with Crippen LogP contribution in [0.3, 0.4) is 0 Å². The van der Waals surface area contributed by atoms with E-state index in [9.17, 15) is 9.90 Å². The Morgan fingerprint density at radius 3 is 2.47 bits per heavy atom. The van der Waals surface area contributed by atoms with Gasteiger partial charge in [0.05, 0.1) is 17.6 Å². The average molecular weight is 242 g/mol. The number of amides is 1. The van der Waals surface area contributed by atoms with Gasteiger partial charge in [-0.15, -0.1) is 0 Å². The highest BCUT2D eigenvalue weighted by Gasteiger charge is 2.45. The van der Waals surface area contributed by atoms with Crippen LogP contribution in [0, 0.1) is 5.41 Å². The third-order valence-corrected chi connectivity index (χ3v) is 4.58. The van der Waals surface area contributed by atoms with Gasteiger partial charge in [-0.05, 0) is 32.6 Å². The minimum absolute atomic E-state index is 0.000231. The Balaban J connectivity index is 2.77. The average Bonchev–Trinajstić information content (AvgIpc) is 2.68. The second-order valence-electron chi connectivity index (χ2n) is 5.52. The summed E-state index contributed by atoms with van der Waals surface area (Å²) in [5.41, 5.74) is 5.08. The van der Waals surface area contributed by atoms with Gasteiger partial charge in [-0.25, -0.2) is 0 Å². The summed E-state index contributed by atoms with van der Waals surface area (Å²) in [5, 5.41) is 12.5. The molecular weight excluding hydrogens is 216 g/mol. The molecule has 17 heavy (non-hydrogen) atoms. The highest BCUT2D eigenvalue weighted by atomic mass is 16.3. The molecule has 1 fully saturated rings. The van der Waals surface area contributed by atoms with Crippen LogP contribution in [-0.4, -0.2) is 29.2 Å². The maximum absolute atomic E-state index is 12.4. The monoisotopic (exact) mass is 242 g/mol. The molecular formula is C13H26N2O2. The quantitative estimate of drug-likeness (QED) is 0.677. The molecule has 1 aliphatic carbocycles. The van der Waals surface area contributed by atoms with E-state index in [4.69, 9.17) is 5.73 Å². The summed E-state index contributed by atoms with van der Waals surface area (Å²) < 4.78 is 0. The minimum Gasteiger partial charge on any atom is -0.394 e. The minimum atomic E-state index is -0.484. The van der Waals surface area contributed by atoms with Gasteiger partial charge in [0.1, 0.15) is 0 Å². The molecule has 1 rings (SSSR count). The number of aliphatic hydroxyl groups excluding tert-OH is 1. The lowest BCUT2D eigenvalue weighted by molar-refractivity contribution is -0.133. The largest absolute Gasteiger partial charge is 0.394 e. The van der Waals surface area contributed by atoms with Crippen molar-refractivity contribution < 1.29 is 9.90 Å². The van der Waals surface area contributed by atoms with Gasteiger partial charge in [0.15, 0.2) is 0 Å². The van der Waals surface area contributed by atoms with Gasteiger partial charge in [0.25, 0.3) is 0 Å². The number of hydrogen-bond acceptors (Lipinski definition) is 3. The van der Waals surface area contributed by atoms with Crippen LogP contribution in [0.1, 0.15) is 52.9 Å². The molecule has 100 valence electrons. The fraction of sp³-hybridized carbons (Fsp3) is 0.923. The molecule has 4 heteroatoms. The molecule has 4 nitrogen and oxygen atoms in total. The SMILES string of the molecule is CCC(CC)(CO)NC(=O)C1(C)CCCC1N. The normalized spacial score (nSPS) is 29.4. The molecule has 2 atom stereocenters. The smallest absolute Gasteiger partial charge is 0.228 e. The maximum Gasteiger partial charge on any atom is 0.228 e. The van der Waals surface area contributed by atoms with Crippen molar-refractivity contribution in [2.24, 2.45) is 11.1 Å². The van der Waals surface area contributed by atoms with Crippen LogP contribution in [-0.2, 0) is 4.79 Å². The van der Waals surface area contributed by atoms with Crippen molar-refractivity contribution in [3.8, 4) is 0 Å². The molecule has 0 aromatic rings. The Kier molecular flexibility index (Phi) is 4.55. The molecule has 0 aromatic carbocycles. The first-order valence-corrected chi connectivity index (χ1v) is 6.63. The molecule has 0 heterocycles. The zero-order valence-electron chi connectivity index (χ0n) is 11.3. The molecule has 0 aliphatic heterocycles. The summed E-state index contributed by atoms with van der Waals surface area (Å²) in [4.78, 5) is 12.4. The van der Waals surface area contributed by atoms with Crippen molar-refractivity contribution in [2.75, 3.05) is 6.61 Å². The van der Waals surface area contributed by atoms with Crippen molar-refractivity contribution in [1.82, 2.24) is 5.32 Å². The number of carbonyl (C=O) groups is 1. The van der Waals surface area contributed by atoms with E-state index in [1.807, 2.05) is 20.8 Å². The lowest BCUT2D eigenvalue weighted by Gasteiger charge is -2.36. The molecule has 0 aromatic heterocycles. The molecule has 0 saturated heterocycles. The van der Waals surface area contributed by atoms with E-state index in [1.54, 1.807) is 0 Å². The number of nitrogens with two attached hydrogens (primary N) is 1. The van der Waals surface area contributed by atoms with Crippen LogP contribution in [0.2, 0.25) is 0 Å². The Labute approximate surface area is 104 Å². The lowest BCUT2D eigenvalue weighted by Crippen LogP contribution is -2.57. The van der Waals surface area contributed by atoms with Crippen LogP contribution in [0.5, 0.6) is 0 Å². The highest BCUT2D eigenvalue weighted by molar-refractivity contribution is 5.84. The second-order valence-corrected chi connectivity index (χ2v) is 5.52. The number of aliphatic hydroxyl groups is 1. The van der Waals surface area contributed by atoms with Crippen LogP contribution in [0.15, 0.2) is 0 Å². The second kappa shape index (κ2) is 5.36. The Bertz CT molecular complexity index is 268. The summed E-state index contributed by atoms with van der Waals surface area (Å²) in [6.45, 7) is 5.89. The van der Waals surface area contributed by atoms with Crippen molar-refractivity contribution >= 4 is 5.91 Å². The van der Waals surface area contributed by atoms with Crippen LogP contribution < -0.4 is 11.1 Å². The summed E-state index contributed by atoms with van der Waals surface area (Å²) in [6, 6.07) is -0.0624. The molecule has 2 unspecified atom stereocenters. The summed E-state index contributed by atoms with van der Waals surface area (Å²) in [6.07, 6.45) is 4.23. The highest BCUT2D eigenvalue weighted by Crippen LogP contribution is 2.37. The zero-order chi connectivity index (χ0) is 13.1. The predicted molar refractivity (Wildman–Crippen MR) is 68.5 cm³/mol. The first-order valence-electron chi connectivity index (χ1n) is 6.63. The van der Waals surface area contributed by atoms with Crippen molar-refractivity contribution in [3.63, 3.8) is 0 Å².